The van der Waals surface area contributed by atoms with E-state index in [0.717, 1.165) is 56.1 Å². The van der Waals surface area contributed by atoms with Crippen LogP contribution >= 0.6 is 0 Å². The van der Waals surface area contributed by atoms with Crippen molar-refractivity contribution in [3.63, 3.8) is 0 Å². The van der Waals surface area contributed by atoms with Gasteiger partial charge in [-0.3, -0.25) is 9.59 Å². The lowest BCUT2D eigenvalue weighted by Gasteiger charge is -2.70. The van der Waals surface area contributed by atoms with E-state index in [9.17, 15) is 20.0 Å². The van der Waals surface area contributed by atoms with E-state index in [-0.39, 0.29) is 50.6 Å². The van der Waals surface area contributed by atoms with Crippen LogP contribution < -0.4 is 0 Å². The van der Waals surface area contributed by atoms with Gasteiger partial charge in [0.25, 0.3) is 0 Å². The minimum absolute atomic E-state index is 0.0313. The van der Waals surface area contributed by atoms with Crippen LogP contribution in [0.4, 0.5) is 0 Å². The molecule has 8 nitrogen and oxygen atoms in total. The van der Waals surface area contributed by atoms with Crippen molar-refractivity contribution in [2.45, 2.75) is 106 Å². The van der Waals surface area contributed by atoms with Gasteiger partial charge >= 0.3 is 5.97 Å². The van der Waals surface area contributed by atoms with Crippen LogP contribution in [0.3, 0.4) is 0 Å². The largest absolute Gasteiger partial charge is 0.504 e. The molecule has 3 saturated carbocycles. The summed E-state index contributed by atoms with van der Waals surface area (Å²) in [5.41, 5.74) is 3.66. The number of ether oxygens (including phenoxy) is 1. The Labute approximate surface area is 272 Å². The Morgan fingerprint density at radius 2 is 1.78 bits per heavy atom. The highest BCUT2D eigenvalue weighted by molar-refractivity contribution is 6.06. The van der Waals surface area contributed by atoms with E-state index in [1.54, 1.807) is 10.6 Å². The lowest BCUT2D eigenvalue weighted by atomic mass is 9.34. The van der Waals surface area contributed by atoms with Crippen molar-refractivity contribution in [1.82, 2.24) is 9.55 Å². The first-order valence-corrected chi connectivity index (χ1v) is 16.8. The Bertz CT molecular complexity index is 1730. The van der Waals surface area contributed by atoms with E-state index in [1.807, 2.05) is 19.1 Å². The van der Waals surface area contributed by atoms with E-state index < -0.39 is 5.41 Å². The smallest absolute Gasteiger partial charge is 0.311 e. The summed E-state index contributed by atoms with van der Waals surface area (Å²) in [7, 11) is 0. The number of aliphatic hydroxyl groups is 1. The number of rotatable bonds is 6. The third-order valence-corrected chi connectivity index (χ3v) is 13.4. The number of nitriles is 2. The maximum absolute atomic E-state index is 13.7. The minimum atomic E-state index is -0.558. The highest BCUT2D eigenvalue weighted by Crippen LogP contribution is 2.75. The van der Waals surface area contributed by atoms with Gasteiger partial charge in [0.1, 0.15) is 12.1 Å². The summed E-state index contributed by atoms with van der Waals surface area (Å²) >= 11 is 0. The fraction of sp³-hybridized carbons (Fsp3) is 0.605. The number of nitrogens with zero attached hydrogens (tertiary/aromatic N) is 4. The normalized spacial score (nSPS) is 36.5. The molecular formula is C38H46N4O4. The van der Waals surface area contributed by atoms with Crippen LogP contribution in [0, 0.1) is 55.7 Å². The topological polar surface area (TPSA) is 129 Å². The van der Waals surface area contributed by atoms with Crippen molar-refractivity contribution in [2.24, 2.45) is 33.0 Å². The average Bonchev–Trinajstić information content (AvgIpc) is 3.44. The molecule has 1 N–H and O–H groups in total. The molecule has 5 aliphatic carbocycles. The molecule has 0 aliphatic heterocycles. The molecule has 0 aromatic carbocycles. The predicted octanol–water partition coefficient (Wildman–Crippen LogP) is 7.58. The molecule has 0 radical (unpaired) electrons. The number of carbonyl (C=O) groups is 2. The number of allylic oxidation sites excluding steroid dienone is 7. The number of ketones is 1. The maximum Gasteiger partial charge on any atom is 0.311 e. The molecule has 0 saturated heterocycles. The molecule has 0 spiro atoms. The first-order valence-electron chi connectivity index (χ1n) is 16.8. The zero-order valence-corrected chi connectivity index (χ0v) is 28.1. The summed E-state index contributed by atoms with van der Waals surface area (Å²) in [4.78, 5) is 30.5. The summed E-state index contributed by atoms with van der Waals surface area (Å²) in [5.74, 6) is -0.223. The van der Waals surface area contributed by atoms with Gasteiger partial charge < -0.3 is 14.4 Å². The van der Waals surface area contributed by atoms with Crippen LogP contribution in [0.5, 0.6) is 0 Å². The second-order valence-electron chi connectivity index (χ2n) is 15.8. The summed E-state index contributed by atoms with van der Waals surface area (Å²) in [6.45, 7) is 14.4. The number of esters is 1. The highest BCUT2D eigenvalue weighted by atomic mass is 16.5. The van der Waals surface area contributed by atoms with Crippen molar-refractivity contribution >= 4 is 11.8 Å². The first-order chi connectivity index (χ1) is 21.7. The lowest BCUT2D eigenvalue weighted by Crippen LogP contribution is -2.62. The van der Waals surface area contributed by atoms with Crippen LogP contribution in [0.25, 0.3) is 0 Å². The summed E-state index contributed by atoms with van der Waals surface area (Å²) in [6, 6.07) is 3.99. The number of fused-ring (bicyclic) bond motifs is 7. The number of hydrogen-bond donors (Lipinski definition) is 1. The van der Waals surface area contributed by atoms with Gasteiger partial charge in [0.05, 0.1) is 18.3 Å². The average molecular weight is 623 g/mol. The Hall–Kier alpha value is -3.91. The first kappa shape index (κ1) is 32.0. The molecule has 0 bridgehead atoms. The molecule has 1 aromatic heterocycles. The maximum atomic E-state index is 13.7. The molecular weight excluding hydrogens is 576 g/mol. The molecule has 6 rings (SSSR count). The van der Waals surface area contributed by atoms with E-state index >= 15 is 0 Å². The molecule has 46 heavy (non-hydrogen) atoms. The van der Waals surface area contributed by atoms with Crippen LogP contribution in [-0.4, -0.2) is 33.0 Å². The SMILES string of the molecule is CC1=C(O)C(=O)C=C2C1=CC=C1[C@@]2(C)CC[C@@]2(C)[C@@H]3C[C@](C)(C(=O)OCCCCn4cnc(C#N)c4C#N)CC[C@]3(C)CC[C@]12C. The molecule has 0 amide bonds. The molecule has 6 atom stereocenters. The number of aliphatic hydroxyl groups excluding tert-OH is 1. The molecule has 8 heteroatoms. The number of unbranched alkanes of at least 4 members (excludes halogenated alkanes) is 1. The van der Waals surface area contributed by atoms with Crippen LogP contribution in [0.1, 0.15) is 111 Å². The Morgan fingerprint density at radius 3 is 2.50 bits per heavy atom. The van der Waals surface area contributed by atoms with Crippen LogP contribution in [0.15, 0.2) is 52.6 Å². The molecule has 3 fully saturated rings. The van der Waals surface area contributed by atoms with Gasteiger partial charge in [-0.1, -0.05) is 45.4 Å². The standard InChI is InChI=1S/C38H46N4O4/c1-24-25-9-10-30-36(4,26(25)19-29(43)32(24)44)14-16-38(6)31-20-35(3,12-11-34(31,2)13-15-37(30,38)5)33(45)46-18-8-7-17-42-23-41-27(21-39)28(42)22-40/h9-10,19,23,31,44H,7-8,11-18,20H2,1-6H3/t31-,34-,35-,36+,37-,38+/m1/s1. The number of aryl methyl sites for hydroxylation is 1. The molecule has 1 heterocycles. The highest BCUT2D eigenvalue weighted by Gasteiger charge is 2.67. The number of imidazole rings is 1. The quantitative estimate of drug-likeness (QED) is 0.256. The number of hydrogen-bond acceptors (Lipinski definition) is 7. The van der Waals surface area contributed by atoms with Gasteiger partial charge in [-0.05, 0) is 111 Å². The molecule has 242 valence electrons. The van der Waals surface area contributed by atoms with Crippen molar-refractivity contribution in [3.05, 3.63) is 64.0 Å². The summed E-state index contributed by atoms with van der Waals surface area (Å²) < 4.78 is 7.62. The van der Waals surface area contributed by atoms with E-state index in [1.165, 1.54) is 11.9 Å². The number of aromatic nitrogens is 2. The Morgan fingerprint density at radius 1 is 1.04 bits per heavy atom. The Balaban J connectivity index is 1.19. The number of carbonyl (C=O) groups excluding carboxylic acids is 2. The van der Waals surface area contributed by atoms with Crippen molar-refractivity contribution in [2.75, 3.05) is 6.61 Å². The van der Waals surface area contributed by atoms with E-state index in [4.69, 9.17) is 10.00 Å². The zero-order valence-electron chi connectivity index (χ0n) is 28.1. The van der Waals surface area contributed by atoms with Gasteiger partial charge in [0.15, 0.2) is 17.1 Å². The molecule has 1 aromatic rings. The third kappa shape index (κ3) is 4.47. The second-order valence-corrected chi connectivity index (χ2v) is 15.8. The van der Waals surface area contributed by atoms with Crippen molar-refractivity contribution < 1.29 is 19.4 Å². The minimum Gasteiger partial charge on any atom is -0.504 e. The predicted molar refractivity (Wildman–Crippen MR) is 173 cm³/mol. The monoisotopic (exact) mass is 622 g/mol. The van der Waals surface area contributed by atoms with Gasteiger partial charge in [0, 0.05) is 17.5 Å². The lowest BCUT2D eigenvalue weighted by molar-refractivity contribution is -0.182. The van der Waals surface area contributed by atoms with Gasteiger partial charge in [-0.15, -0.1) is 0 Å². The third-order valence-electron chi connectivity index (χ3n) is 13.4. The zero-order chi connectivity index (χ0) is 33.3. The van der Waals surface area contributed by atoms with Gasteiger partial charge in [-0.25, -0.2) is 4.98 Å². The van der Waals surface area contributed by atoms with E-state index in [2.05, 4.69) is 51.8 Å². The summed E-state index contributed by atoms with van der Waals surface area (Å²) in [5, 5.41) is 28.9. The fourth-order valence-electron chi connectivity index (χ4n) is 10.1. The van der Waals surface area contributed by atoms with Gasteiger partial charge in [0.2, 0.25) is 5.78 Å². The van der Waals surface area contributed by atoms with Crippen molar-refractivity contribution in [3.8, 4) is 12.1 Å². The Kier molecular flexibility index (Phi) is 7.54. The van der Waals surface area contributed by atoms with Crippen LogP contribution in [-0.2, 0) is 20.9 Å². The summed E-state index contributed by atoms with van der Waals surface area (Å²) in [6.07, 6.45) is 15.7. The second kappa shape index (κ2) is 10.8. The van der Waals surface area contributed by atoms with Gasteiger partial charge in [-0.2, -0.15) is 10.5 Å². The fourth-order valence-corrected chi connectivity index (χ4v) is 10.1. The van der Waals surface area contributed by atoms with Crippen molar-refractivity contribution in [1.29, 1.82) is 10.5 Å². The van der Waals surface area contributed by atoms with Crippen LogP contribution in [0.2, 0.25) is 0 Å². The van der Waals surface area contributed by atoms with E-state index in [0.29, 0.717) is 37.5 Å². The molecule has 5 aliphatic rings. The molecule has 0 unspecified atom stereocenters.